The van der Waals surface area contributed by atoms with Crippen molar-refractivity contribution in [3.63, 3.8) is 0 Å². The summed E-state index contributed by atoms with van der Waals surface area (Å²) in [6.45, 7) is 6.41. The van der Waals surface area contributed by atoms with Crippen molar-refractivity contribution in [2.75, 3.05) is 33.2 Å². The SMILES string of the molecule is CC1CCN(CCN(C)C(=O)c2cc3ccccc3n2C)CC1.O=C(O)C(F)(F)F. The Kier molecular flexibility index (Phi) is 7.89. The fourth-order valence-corrected chi connectivity index (χ4v) is 3.37. The largest absolute Gasteiger partial charge is 0.490 e. The van der Waals surface area contributed by atoms with E-state index in [9.17, 15) is 18.0 Å². The maximum absolute atomic E-state index is 12.7. The Morgan fingerprint density at radius 1 is 1.20 bits per heavy atom. The summed E-state index contributed by atoms with van der Waals surface area (Å²) in [5.41, 5.74) is 1.87. The summed E-state index contributed by atoms with van der Waals surface area (Å²) in [7, 11) is 3.88. The van der Waals surface area contributed by atoms with Crippen molar-refractivity contribution >= 4 is 22.8 Å². The van der Waals surface area contributed by atoms with Crippen LogP contribution in [0, 0.1) is 5.92 Å². The van der Waals surface area contributed by atoms with Gasteiger partial charge in [-0.2, -0.15) is 13.2 Å². The lowest BCUT2D eigenvalue weighted by atomic mass is 9.99. The summed E-state index contributed by atoms with van der Waals surface area (Å²) < 4.78 is 33.7. The molecule has 1 amide bonds. The minimum absolute atomic E-state index is 0.106. The predicted octanol–water partition coefficient (Wildman–Crippen LogP) is 3.62. The molecule has 1 fully saturated rings. The highest BCUT2D eigenvalue weighted by atomic mass is 19.4. The molecule has 1 N–H and O–H groups in total. The molecule has 0 bridgehead atoms. The zero-order valence-electron chi connectivity index (χ0n) is 17.4. The van der Waals surface area contributed by atoms with Gasteiger partial charge in [-0.3, -0.25) is 4.79 Å². The first kappa shape index (κ1) is 23.7. The van der Waals surface area contributed by atoms with Crippen molar-refractivity contribution in [2.24, 2.45) is 13.0 Å². The molecule has 3 rings (SSSR count). The van der Waals surface area contributed by atoms with Crippen LogP contribution >= 0.6 is 0 Å². The van der Waals surface area contributed by atoms with Crippen LogP contribution < -0.4 is 0 Å². The zero-order chi connectivity index (χ0) is 22.5. The monoisotopic (exact) mass is 427 g/mol. The Bertz CT molecular complexity index is 871. The molecule has 0 unspecified atom stereocenters. The van der Waals surface area contributed by atoms with E-state index in [1.165, 1.54) is 12.8 Å². The number of aliphatic carboxylic acids is 1. The zero-order valence-corrected chi connectivity index (χ0v) is 17.4. The van der Waals surface area contributed by atoms with Crippen LogP contribution in [0.2, 0.25) is 0 Å². The number of para-hydroxylation sites is 1. The molecule has 0 spiro atoms. The number of amides is 1. The van der Waals surface area contributed by atoms with Crippen LogP contribution in [0.25, 0.3) is 10.9 Å². The number of alkyl halides is 3. The van der Waals surface area contributed by atoms with Gasteiger partial charge >= 0.3 is 12.1 Å². The first-order valence-corrected chi connectivity index (χ1v) is 9.83. The number of likely N-dealkylation sites (N-methyl/N-ethyl adjacent to an activating group) is 1. The van der Waals surface area contributed by atoms with Gasteiger partial charge in [0.2, 0.25) is 0 Å². The number of aryl methyl sites for hydroxylation is 1. The molecule has 2 heterocycles. The Morgan fingerprint density at radius 3 is 2.30 bits per heavy atom. The number of hydrogen-bond acceptors (Lipinski definition) is 3. The molecular formula is C21H28F3N3O3. The Morgan fingerprint density at radius 2 is 1.77 bits per heavy atom. The van der Waals surface area contributed by atoms with E-state index in [2.05, 4.69) is 24.0 Å². The summed E-state index contributed by atoms with van der Waals surface area (Å²) in [6, 6.07) is 10.1. The molecule has 2 aromatic rings. The molecule has 1 aliphatic rings. The summed E-state index contributed by atoms with van der Waals surface area (Å²) in [4.78, 5) is 26.0. The summed E-state index contributed by atoms with van der Waals surface area (Å²) in [5, 5.41) is 8.25. The van der Waals surface area contributed by atoms with Crippen molar-refractivity contribution < 1.29 is 27.9 Å². The van der Waals surface area contributed by atoms with Gasteiger partial charge in [0.1, 0.15) is 5.69 Å². The van der Waals surface area contributed by atoms with E-state index in [-0.39, 0.29) is 5.91 Å². The number of hydrogen-bond donors (Lipinski definition) is 1. The van der Waals surface area contributed by atoms with E-state index < -0.39 is 12.1 Å². The Labute approximate surface area is 173 Å². The summed E-state index contributed by atoms with van der Waals surface area (Å²) >= 11 is 0. The number of aromatic nitrogens is 1. The van der Waals surface area contributed by atoms with Gasteiger partial charge < -0.3 is 19.5 Å². The summed E-state index contributed by atoms with van der Waals surface area (Å²) in [6.07, 6.45) is -2.53. The number of halogens is 3. The molecule has 1 aromatic heterocycles. The maximum Gasteiger partial charge on any atom is 0.490 e. The molecule has 1 aromatic carbocycles. The fourth-order valence-electron chi connectivity index (χ4n) is 3.37. The highest BCUT2D eigenvalue weighted by molar-refractivity contribution is 5.98. The smallest absolute Gasteiger partial charge is 0.475 e. The molecule has 9 heteroatoms. The van der Waals surface area contributed by atoms with Gasteiger partial charge in [-0.15, -0.1) is 0 Å². The van der Waals surface area contributed by atoms with Gasteiger partial charge in [0, 0.05) is 38.1 Å². The predicted molar refractivity (Wildman–Crippen MR) is 108 cm³/mol. The second-order valence-corrected chi connectivity index (χ2v) is 7.70. The molecule has 6 nitrogen and oxygen atoms in total. The van der Waals surface area contributed by atoms with E-state index in [1.807, 2.05) is 41.8 Å². The molecule has 1 aliphatic heterocycles. The van der Waals surface area contributed by atoms with E-state index in [0.717, 1.165) is 48.7 Å². The van der Waals surface area contributed by atoms with E-state index in [0.29, 0.717) is 0 Å². The van der Waals surface area contributed by atoms with Crippen LogP contribution in [0.15, 0.2) is 30.3 Å². The van der Waals surface area contributed by atoms with Crippen LogP contribution in [0.4, 0.5) is 13.2 Å². The third-order valence-electron chi connectivity index (χ3n) is 5.39. The number of fused-ring (bicyclic) bond motifs is 1. The van der Waals surface area contributed by atoms with Crippen molar-refractivity contribution in [1.29, 1.82) is 0 Å². The third-order valence-corrected chi connectivity index (χ3v) is 5.39. The van der Waals surface area contributed by atoms with Gasteiger partial charge in [0.25, 0.3) is 5.91 Å². The number of benzene rings is 1. The van der Waals surface area contributed by atoms with Crippen LogP contribution in [0.5, 0.6) is 0 Å². The molecule has 0 atom stereocenters. The summed E-state index contributed by atoms with van der Waals surface area (Å²) in [5.74, 6) is -1.80. The van der Waals surface area contributed by atoms with Crippen LogP contribution in [0.1, 0.15) is 30.3 Å². The first-order valence-electron chi connectivity index (χ1n) is 9.83. The number of carbonyl (C=O) groups excluding carboxylic acids is 1. The second kappa shape index (κ2) is 9.97. The van der Waals surface area contributed by atoms with Crippen molar-refractivity contribution in [1.82, 2.24) is 14.4 Å². The molecular weight excluding hydrogens is 399 g/mol. The van der Waals surface area contributed by atoms with E-state index in [1.54, 1.807) is 0 Å². The van der Waals surface area contributed by atoms with Crippen molar-refractivity contribution in [3.8, 4) is 0 Å². The number of carboxylic acids is 1. The van der Waals surface area contributed by atoms with Gasteiger partial charge in [-0.1, -0.05) is 25.1 Å². The topological polar surface area (TPSA) is 65.8 Å². The highest BCUT2D eigenvalue weighted by Gasteiger charge is 2.38. The van der Waals surface area contributed by atoms with Crippen molar-refractivity contribution in [3.05, 3.63) is 36.0 Å². The number of nitrogens with zero attached hydrogens (tertiary/aromatic N) is 3. The lowest BCUT2D eigenvalue weighted by Gasteiger charge is -2.31. The standard InChI is InChI=1S/C19H27N3O.C2HF3O2/c1-15-8-10-22(11-9-15)13-12-20(2)19(23)18-14-16-6-4-5-7-17(16)21(18)3;3-2(4,5)1(6)7/h4-7,14-15H,8-13H2,1-3H3;(H,6,7). The van der Waals surface area contributed by atoms with Gasteiger partial charge in [0.15, 0.2) is 0 Å². The lowest BCUT2D eigenvalue weighted by Crippen LogP contribution is -2.40. The fraction of sp³-hybridized carbons (Fsp3) is 0.524. The minimum atomic E-state index is -5.08. The molecule has 166 valence electrons. The molecule has 0 radical (unpaired) electrons. The average Bonchev–Trinajstić information content (AvgIpc) is 3.03. The van der Waals surface area contributed by atoms with Gasteiger partial charge in [-0.05, 0) is 44.0 Å². The number of carboxylic acid groups (broad SMARTS) is 1. The van der Waals surface area contributed by atoms with Gasteiger partial charge in [-0.25, -0.2) is 4.79 Å². The van der Waals surface area contributed by atoms with Crippen LogP contribution in [0.3, 0.4) is 0 Å². The normalized spacial score (nSPS) is 15.5. The molecule has 1 saturated heterocycles. The maximum atomic E-state index is 12.7. The van der Waals surface area contributed by atoms with Gasteiger partial charge in [0.05, 0.1) is 0 Å². The Balaban J connectivity index is 0.000000396. The molecule has 0 saturated carbocycles. The second-order valence-electron chi connectivity index (χ2n) is 7.70. The first-order chi connectivity index (χ1) is 14.0. The minimum Gasteiger partial charge on any atom is -0.475 e. The number of likely N-dealkylation sites (tertiary alicyclic amines) is 1. The van der Waals surface area contributed by atoms with Crippen LogP contribution in [-0.4, -0.2) is 70.8 Å². The van der Waals surface area contributed by atoms with E-state index >= 15 is 0 Å². The molecule has 30 heavy (non-hydrogen) atoms. The quantitative estimate of drug-likeness (QED) is 0.810. The van der Waals surface area contributed by atoms with Crippen LogP contribution in [-0.2, 0) is 11.8 Å². The third kappa shape index (κ3) is 6.22. The van der Waals surface area contributed by atoms with E-state index in [4.69, 9.17) is 9.90 Å². The average molecular weight is 427 g/mol. The number of piperidine rings is 1. The highest BCUT2D eigenvalue weighted by Crippen LogP contribution is 2.20. The Hall–Kier alpha value is -2.55. The lowest BCUT2D eigenvalue weighted by molar-refractivity contribution is -0.192. The number of carbonyl (C=O) groups is 2. The number of rotatable bonds is 4. The van der Waals surface area contributed by atoms with Crippen molar-refractivity contribution in [2.45, 2.75) is 25.9 Å². The molecule has 0 aliphatic carbocycles.